The van der Waals surface area contributed by atoms with Crippen LogP contribution in [0.2, 0.25) is 0 Å². The Morgan fingerprint density at radius 2 is 1.66 bits per heavy atom. The summed E-state index contributed by atoms with van der Waals surface area (Å²) in [5.41, 5.74) is 2.79. The normalized spacial score (nSPS) is 14.7. The minimum Gasteiger partial charge on any atom is -0.368 e. The largest absolute Gasteiger partial charge is 0.368 e. The lowest BCUT2D eigenvalue weighted by Crippen LogP contribution is -2.54. The molecule has 0 spiro atoms. The molecule has 2 aromatic carbocycles. The molecule has 0 aliphatic carbocycles. The predicted molar refractivity (Wildman–Crippen MR) is 114 cm³/mol. The molecule has 0 radical (unpaired) electrons. The highest BCUT2D eigenvalue weighted by molar-refractivity contribution is 6.09. The van der Waals surface area contributed by atoms with Crippen LogP contribution in [0.3, 0.4) is 0 Å². The Bertz CT molecular complexity index is 918. The number of nitrogens with zero attached hydrogens (tertiary/aromatic N) is 2. The second-order valence-electron chi connectivity index (χ2n) is 8.09. The standard InChI is InChI=1S/C23H28FN3O2/c1-16-7-5-10-20(17(16)2)26-11-13-27(14-12-26)22(29)23(3,4)21(28)25-19-9-6-8-18(24)15-19/h5-10,15H,11-14H2,1-4H3,(H,25,28). The third-order valence-electron chi connectivity index (χ3n) is 5.67. The lowest BCUT2D eigenvalue weighted by atomic mass is 9.89. The van der Waals surface area contributed by atoms with E-state index in [-0.39, 0.29) is 5.91 Å². The molecule has 5 nitrogen and oxygen atoms in total. The van der Waals surface area contributed by atoms with Crippen LogP contribution in [0, 0.1) is 25.1 Å². The zero-order valence-electron chi connectivity index (χ0n) is 17.5. The number of carbonyl (C=O) groups excluding carboxylic acids is 2. The number of amides is 2. The predicted octanol–water partition coefficient (Wildman–Crippen LogP) is 3.76. The topological polar surface area (TPSA) is 52.7 Å². The molecule has 6 heteroatoms. The fourth-order valence-electron chi connectivity index (χ4n) is 3.57. The summed E-state index contributed by atoms with van der Waals surface area (Å²) in [6.07, 6.45) is 0. The summed E-state index contributed by atoms with van der Waals surface area (Å²) in [7, 11) is 0. The highest BCUT2D eigenvalue weighted by Crippen LogP contribution is 2.26. The highest BCUT2D eigenvalue weighted by atomic mass is 19.1. The zero-order valence-corrected chi connectivity index (χ0v) is 17.5. The van der Waals surface area contributed by atoms with Gasteiger partial charge in [0.1, 0.15) is 11.2 Å². The zero-order chi connectivity index (χ0) is 21.2. The first-order valence-corrected chi connectivity index (χ1v) is 9.87. The summed E-state index contributed by atoms with van der Waals surface area (Å²) in [4.78, 5) is 29.8. The van der Waals surface area contributed by atoms with Crippen molar-refractivity contribution in [3.63, 3.8) is 0 Å². The van der Waals surface area contributed by atoms with E-state index in [2.05, 4.69) is 42.3 Å². The molecular formula is C23H28FN3O2. The van der Waals surface area contributed by atoms with Crippen molar-refractivity contribution in [2.75, 3.05) is 36.4 Å². The Morgan fingerprint density at radius 1 is 1.00 bits per heavy atom. The second-order valence-corrected chi connectivity index (χ2v) is 8.09. The molecule has 1 heterocycles. The monoisotopic (exact) mass is 397 g/mol. The van der Waals surface area contributed by atoms with Crippen LogP contribution in [-0.4, -0.2) is 42.9 Å². The molecule has 1 saturated heterocycles. The van der Waals surface area contributed by atoms with Crippen molar-refractivity contribution >= 4 is 23.2 Å². The number of hydrogen-bond acceptors (Lipinski definition) is 3. The van der Waals surface area contributed by atoms with Gasteiger partial charge in [-0.25, -0.2) is 4.39 Å². The molecule has 29 heavy (non-hydrogen) atoms. The van der Waals surface area contributed by atoms with Crippen LogP contribution in [0.25, 0.3) is 0 Å². The molecular weight excluding hydrogens is 369 g/mol. The van der Waals surface area contributed by atoms with Gasteiger partial charge < -0.3 is 15.1 Å². The van der Waals surface area contributed by atoms with E-state index >= 15 is 0 Å². The number of rotatable bonds is 4. The van der Waals surface area contributed by atoms with Crippen LogP contribution in [0.5, 0.6) is 0 Å². The first-order valence-electron chi connectivity index (χ1n) is 9.87. The van der Waals surface area contributed by atoms with E-state index in [0.29, 0.717) is 18.8 Å². The van der Waals surface area contributed by atoms with E-state index in [0.717, 1.165) is 13.1 Å². The Kier molecular flexibility index (Phi) is 5.91. The third-order valence-corrected chi connectivity index (χ3v) is 5.67. The van der Waals surface area contributed by atoms with Crippen molar-refractivity contribution in [2.45, 2.75) is 27.7 Å². The van der Waals surface area contributed by atoms with Crippen LogP contribution in [0.15, 0.2) is 42.5 Å². The first kappa shape index (κ1) is 20.8. The van der Waals surface area contributed by atoms with E-state index in [1.54, 1.807) is 24.8 Å². The van der Waals surface area contributed by atoms with Gasteiger partial charge in [-0.2, -0.15) is 0 Å². The Labute approximate surface area is 171 Å². The molecule has 2 amide bonds. The minimum absolute atomic E-state index is 0.216. The fraction of sp³-hybridized carbons (Fsp3) is 0.391. The Balaban J connectivity index is 1.64. The lowest BCUT2D eigenvalue weighted by molar-refractivity contribution is -0.146. The lowest BCUT2D eigenvalue weighted by Gasteiger charge is -2.39. The average Bonchev–Trinajstić information content (AvgIpc) is 2.69. The van der Waals surface area contributed by atoms with Gasteiger partial charge in [0.2, 0.25) is 11.8 Å². The Hall–Kier alpha value is -2.89. The van der Waals surface area contributed by atoms with Crippen LogP contribution in [0.4, 0.5) is 15.8 Å². The molecule has 0 unspecified atom stereocenters. The number of nitrogens with one attached hydrogen (secondary N) is 1. The second kappa shape index (κ2) is 8.23. The number of halogens is 1. The van der Waals surface area contributed by atoms with Crippen LogP contribution >= 0.6 is 0 Å². The van der Waals surface area contributed by atoms with Gasteiger partial charge in [-0.05, 0) is 63.1 Å². The van der Waals surface area contributed by atoms with E-state index in [1.165, 1.54) is 35.0 Å². The number of carbonyl (C=O) groups is 2. The Morgan fingerprint density at radius 3 is 2.31 bits per heavy atom. The number of hydrogen-bond donors (Lipinski definition) is 1. The SMILES string of the molecule is Cc1cccc(N2CCN(C(=O)C(C)(C)C(=O)Nc3cccc(F)c3)CC2)c1C. The first-order chi connectivity index (χ1) is 13.7. The number of piperazine rings is 1. The summed E-state index contributed by atoms with van der Waals surface area (Å²) in [6, 6.07) is 11.9. The number of benzene rings is 2. The molecule has 0 saturated carbocycles. The van der Waals surface area contributed by atoms with Gasteiger partial charge in [-0.3, -0.25) is 9.59 Å². The molecule has 154 valence electrons. The summed E-state index contributed by atoms with van der Waals surface area (Å²) >= 11 is 0. The molecule has 0 bridgehead atoms. The minimum atomic E-state index is -1.24. The van der Waals surface area contributed by atoms with E-state index in [4.69, 9.17) is 0 Å². The molecule has 0 atom stereocenters. The van der Waals surface area contributed by atoms with Crippen LogP contribution in [0.1, 0.15) is 25.0 Å². The molecule has 1 aliphatic heterocycles. The average molecular weight is 397 g/mol. The van der Waals surface area contributed by atoms with E-state index in [1.807, 2.05) is 0 Å². The maximum Gasteiger partial charge on any atom is 0.239 e. The summed E-state index contributed by atoms with van der Waals surface area (Å²) in [5.74, 6) is -1.09. The molecule has 1 aliphatic rings. The van der Waals surface area contributed by atoms with Gasteiger partial charge in [-0.15, -0.1) is 0 Å². The van der Waals surface area contributed by atoms with Gasteiger partial charge >= 0.3 is 0 Å². The van der Waals surface area contributed by atoms with Crippen molar-refractivity contribution < 1.29 is 14.0 Å². The fourth-order valence-corrected chi connectivity index (χ4v) is 3.57. The maximum absolute atomic E-state index is 13.4. The number of anilines is 2. The summed E-state index contributed by atoms with van der Waals surface area (Å²) in [6.45, 7) is 9.99. The highest BCUT2D eigenvalue weighted by Gasteiger charge is 2.40. The van der Waals surface area contributed by atoms with Crippen molar-refractivity contribution in [1.82, 2.24) is 4.90 Å². The van der Waals surface area contributed by atoms with Crippen molar-refractivity contribution in [3.05, 3.63) is 59.4 Å². The van der Waals surface area contributed by atoms with E-state index < -0.39 is 17.1 Å². The molecule has 3 rings (SSSR count). The van der Waals surface area contributed by atoms with E-state index in [9.17, 15) is 14.0 Å². The molecule has 2 aromatic rings. The molecule has 1 fully saturated rings. The van der Waals surface area contributed by atoms with Crippen molar-refractivity contribution in [1.29, 1.82) is 0 Å². The van der Waals surface area contributed by atoms with Gasteiger partial charge in [0.05, 0.1) is 0 Å². The summed E-state index contributed by atoms with van der Waals surface area (Å²) < 4.78 is 13.4. The van der Waals surface area contributed by atoms with Crippen molar-refractivity contribution in [2.24, 2.45) is 5.41 Å². The quantitative estimate of drug-likeness (QED) is 0.800. The maximum atomic E-state index is 13.4. The number of aryl methyl sites for hydroxylation is 1. The van der Waals surface area contributed by atoms with Gasteiger partial charge in [0.15, 0.2) is 0 Å². The summed E-state index contributed by atoms with van der Waals surface area (Å²) in [5, 5.41) is 2.65. The smallest absolute Gasteiger partial charge is 0.239 e. The van der Waals surface area contributed by atoms with Crippen molar-refractivity contribution in [3.8, 4) is 0 Å². The van der Waals surface area contributed by atoms with Gasteiger partial charge in [-0.1, -0.05) is 18.2 Å². The molecule has 1 N–H and O–H groups in total. The van der Waals surface area contributed by atoms with Gasteiger partial charge in [0.25, 0.3) is 0 Å². The van der Waals surface area contributed by atoms with Crippen LogP contribution in [-0.2, 0) is 9.59 Å². The van der Waals surface area contributed by atoms with Gasteiger partial charge in [0, 0.05) is 37.6 Å². The molecule has 0 aromatic heterocycles. The van der Waals surface area contributed by atoms with Crippen LogP contribution < -0.4 is 10.2 Å². The third kappa shape index (κ3) is 4.42.